The summed E-state index contributed by atoms with van der Waals surface area (Å²) in [6, 6.07) is 21.1. The fourth-order valence-electron chi connectivity index (χ4n) is 8.57. The van der Waals surface area contributed by atoms with Gasteiger partial charge in [0.2, 0.25) is 34.9 Å². The molecule has 0 fully saturated rings. The van der Waals surface area contributed by atoms with Crippen molar-refractivity contribution in [1.82, 2.24) is 48.7 Å². The van der Waals surface area contributed by atoms with Crippen molar-refractivity contribution in [2.45, 2.75) is 101 Å². The van der Waals surface area contributed by atoms with E-state index in [4.69, 9.17) is 79.0 Å². The highest BCUT2D eigenvalue weighted by Crippen LogP contribution is 2.37. The standard InChI is InChI=1S/C25H25F3N2O6.C15H18N6O6S.C11H11Cl2NO2.C8H14ClN5.C5H12NO4P/c1-5-16-6-7-17(20(12-16)36-15(2)23(32)34-4)14-35-19-10-8-18(9-11-19)30-22(31)13-21(25(26,27)28)29(3)24(30)33;1-21(2)13(22)9-6-5-7-16-12(9)28(24,25)20-15(23)19-14-17-10(26-3)8-11(18-14)27-4;1-7-6-16-9-5-3-2-4-8(9)14(7)11(15)10(12)13;1-4-10-7-12-6(9)13-8(14-7)11-5(2)3;1-11(9,10)3-2-4(6)5(7)8/h6-13,15H,5,14H2,1-4H3;5-8H,1-4H3,(H2,17,18,19,20,23);2-5,7,10H,6H2,1H3;5H,4H2,1-3H3,(H2,10,11,12,13,14);4H,2-3,6H2,1H3,(H,7,8)(H,9,10). The highest BCUT2D eigenvalue weighted by Gasteiger charge is 2.36. The van der Waals surface area contributed by atoms with Gasteiger partial charge in [0.15, 0.2) is 23.3 Å². The number of benzene rings is 3. The average molecular weight is 1570 g/mol. The van der Waals surface area contributed by atoms with Crippen molar-refractivity contribution >= 4 is 106 Å². The molecule has 0 saturated carbocycles. The first kappa shape index (κ1) is 87.5. The molecule has 8 rings (SSSR count). The molecule has 4 amide bonds. The van der Waals surface area contributed by atoms with Crippen molar-refractivity contribution in [3.8, 4) is 34.7 Å². The Morgan fingerprint density at radius 3 is 2.06 bits per heavy atom. The molecule has 1 aliphatic heterocycles. The number of hydrogen-bond donors (Lipinski definition) is 7. The van der Waals surface area contributed by atoms with Crippen molar-refractivity contribution in [3.05, 3.63) is 146 Å². The van der Waals surface area contributed by atoms with Gasteiger partial charge in [-0.15, -0.1) is 0 Å². The summed E-state index contributed by atoms with van der Waals surface area (Å²) in [5.74, 6) is -0.124. The van der Waals surface area contributed by atoms with E-state index in [1.165, 1.54) is 95.7 Å². The van der Waals surface area contributed by atoms with Crippen LogP contribution in [0, 0.1) is 0 Å². The third-order valence-corrected chi connectivity index (χ3v) is 16.6. The number of esters is 1. The number of halogens is 6. The van der Waals surface area contributed by atoms with Crippen LogP contribution in [-0.2, 0) is 60.0 Å². The van der Waals surface area contributed by atoms with E-state index in [-0.39, 0.29) is 71.4 Å². The number of nitrogens with two attached hydrogens (primary N) is 1. The van der Waals surface area contributed by atoms with Gasteiger partial charge in [-0.05, 0) is 119 Å². The lowest BCUT2D eigenvalue weighted by Gasteiger charge is -2.35. The number of ether oxygens (including phenoxy) is 6. The molecule has 105 heavy (non-hydrogen) atoms. The molecule has 1 aliphatic rings. The monoisotopic (exact) mass is 1570 g/mol. The van der Waals surface area contributed by atoms with Crippen LogP contribution in [0.5, 0.6) is 29.0 Å². The molecule has 4 aromatic heterocycles. The van der Waals surface area contributed by atoms with Gasteiger partial charge in [0, 0.05) is 64.4 Å². The van der Waals surface area contributed by atoms with Crippen LogP contribution in [0.25, 0.3) is 5.69 Å². The van der Waals surface area contributed by atoms with Gasteiger partial charge in [0.25, 0.3) is 27.4 Å². The van der Waals surface area contributed by atoms with Gasteiger partial charge >= 0.3 is 29.8 Å². The number of nitrogens with one attached hydrogen (secondary N) is 4. The second-order valence-electron chi connectivity index (χ2n) is 22.5. The molecule has 33 nitrogen and oxygen atoms in total. The summed E-state index contributed by atoms with van der Waals surface area (Å²) in [6.07, 6.45) is -3.72. The molecule has 0 radical (unpaired) electrons. The van der Waals surface area contributed by atoms with E-state index in [1.807, 2.05) is 77.1 Å². The SMILES string of the molecule is CC1COc2ccccc2N1C(=O)C(Cl)Cl.CCNc1nc(Cl)nc(NC(C)C)n1.CCc1ccc(COc2ccc(-n3c(=O)cc(C(F)(F)F)n(C)c3=O)cc2)c(OC(C)C(=O)OC)c1.COc1cc(OC)nc(NC(=O)NS(=O)(=O)c2ncccc2C(=O)N(C)C)n1.CP(=O)(O)CCC(N)C(=O)O. The number of nitrogens with zero attached hydrogens (tertiary/aromatic N) is 10. The van der Waals surface area contributed by atoms with Crippen LogP contribution in [-0.4, -0.2) is 183 Å². The van der Waals surface area contributed by atoms with E-state index in [0.29, 0.717) is 56.5 Å². The fraction of sp³-hybridized carbons (Fsp3) is 0.391. The van der Waals surface area contributed by atoms with Crippen LogP contribution < -0.4 is 66.2 Å². The number of anilines is 4. The number of aryl methyl sites for hydroxylation is 1. The number of aliphatic carboxylic acids is 1. The largest absolute Gasteiger partial charge is 0.489 e. The van der Waals surface area contributed by atoms with E-state index in [2.05, 4.69) is 45.9 Å². The summed E-state index contributed by atoms with van der Waals surface area (Å²) in [4.78, 5) is 117. The molecule has 4 unspecified atom stereocenters. The smallest absolute Gasteiger partial charge is 0.431 e. The van der Waals surface area contributed by atoms with Gasteiger partial charge < -0.3 is 64.6 Å². The van der Waals surface area contributed by atoms with E-state index in [1.54, 1.807) is 16.5 Å². The predicted octanol–water partition coefficient (Wildman–Crippen LogP) is 7.81. The highest BCUT2D eigenvalue weighted by molar-refractivity contribution is 7.90. The Balaban J connectivity index is 0.000000298. The number of urea groups is 1. The van der Waals surface area contributed by atoms with E-state index >= 15 is 0 Å². The first-order valence-corrected chi connectivity index (χ1v) is 36.2. The number of alkyl halides is 5. The molecule has 0 saturated heterocycles. The number of carbonyl (C=O) groups is 5. The van der Waals surface area contributed by atoms with Crippen molar-refractivity contribution in [1.29, 1.82) is 0 Å². The average Bonchev–Trinajstić information content (AvgIpc) is 0.796. The van der Waals surface area contributed by atoms with Gasteiger partial charge in [0.05, 0.1) is 50.4 Å². The quantitative estimate of drug-likeness (QED) is 0.0182. The number of carboxylic acid groups (broad SMARTS) is 1. The van der Waals surface area contributed by atoms with Gasteiger partial charge in [-0.3, -0.25) is 33.6 Å². The first-order chi connectivity index (χ1) is 49.2. The maximum Gasteiger partial charge on any atom is 0.431 e. The molecular formula is C64H80Cl3F3N15O18PS. The molecule has 5 heterocycles. The maximum atomic E-state index is 13.1. The summed E-state index contributed by atoms with van der Waals surface area (Å²) in [7, 11) is 0.268. The Morgan fingerprint density at radius 1 is 0.876 bits per heavy atom. The molecule has 572 valence electrons. The lowest BCUT2D eigenvalue weighted by Crippen LogP contribution is -2.47. The number of aromatic nitrogens is 8. The van der Waals surface area contributed by atoms with Crippen molar-refractivity contribution in [2.24, 2.45) is 12.8 Å². The minimum Gasteiger partial charge on any atom is -0.489 e. The third kappa shape index (κ3) is 27.3. The van der Waals surface area contributed by atoms with Gasteiger partial charge in [-0.2, -0.15) is 46.5 Å². The van der Waals surface area contributed by atoms with E-state index < -0.39 is 86.4 Å². The zero-order valence-corrected chi connectivity index (χ0v) is 62.9. The Morgan fingerprint density at radius 2 is 1.50 bits per heavy atom. The van der Waals surface area contributed by atoms with Gasteiger partial charge in [-0.1, -0.05) is 54.4 Å². The maximum absolute atomic E-state index is 13.1. The number of methoxy groups -OCH3 is 3. The molecule has 4 atom stereocenters. The number of fused-ring (bicyclic) bond motifs is 1. The normalized spacial score (nSPS) is 13.3. The third-order valence-electron chi connectivity index (χ3n) is 13.7. The van der Waals surface area contributed by atoms with Crippen LogP contribution in [0.4, 0.5) is 41.5 Å². The van der Waals surface area contributed by atoms with Crippen LogP contribution >= 0.6 is 42.2 Å². The molecule has 0 bridgehead atoms. The van der Waals surface area contributed by atoms with Crippen LogP contribution in [0.15, 0.2) is 112 Å². The number of para-hydroxylation sites is 2. The molecule has 0 spiro atoms. The molecule has 41 heteroatoms. The Hall–Kier alpha value is -9.91. The first-order valence-electron chi connectivity index (χ1n) is 31.2. The van der Waals surface area contributed by atoms with Gasteiger partial charge in [0.1, 0.15) is 42.2 Å². The Kier molecular flexibility index (Phi) is 33.7. The molecule has 0 aliphatic carbocycles. The number of amides is 4. The number of sulfonamides is 1. The number of carbonyl (C=O) groups excluding carboxylic acids is 4. The van der Waals surface area contributed by atoms with Crippen LogP contribution in [0.3, 0.4) is 0 Å². The van der Waals surface area contributed by atoms with Crippen molar-refractivity contribution in [2.75, 3.05) is 82.3 Å². The van der Waals surface area contributed by atoms with Gasteiger partial charge in [-0.25, -0.2) is 28.7 Å². The second kappa shape index (κ2) is 40.4. The Labute approximate surface area is 616 Å². The minimum atomic E-state index is -4.84. The number of hydrogen-bond acceptors (Lipinski definition) is 25. The molecular weight excluding hydrogens is 1490 g/mol. The highest BCUT2D eigenvalue weighted by atomic mass is 35.5. The number of pyridine rings is 1. The number of carboxylic acids is 1. The fourth-order valence-corrected chi connectivity index (χ4v) is 10.7. The van der Waals surface area contributed by atoms with Crippen molar-refractivity contribution in [3.63, 3.8) is 0 Å². The van der Waals surface area contributed by atoms with Crippen LogP contribution in [0.1, 0.15) is 75.1 Å². The zero-order chi connectivity index (χ0) is 78.8. The molecule has 8 N–H and O–H groups in total. The predicted molar refractivity (Wildman–Crippen MR) is 384 cm³/mol. The summed E-state index contributed by atoms with van der Waals surface area (Å²) >= 11 is 17.0. The minimum absolute atomic E-state index is 0.0412. The number of rotatable bonds is 23. The van der Waals surface area contributed by atoms with Crippen molar-refractivity contribution < 1.29 is 88.5 Å². The summed E-state index contributed by atoms with van der Waals surface area (Å²) in [5.41, 5.74) is 3.82. The summed E-state index contributed by atoms with van der Waals surface area (Å²) in [6.45, 7) is 13.9. The summed E-state index contributed by atoms with van der Waals surface area (Å²) < 4.78 is 109. The lowest BCUT2D eigenvalue weighted by molar-refractivity contribution is -0.148. The van der Waals surface area contributed by atoms with E-state index in [9.17, 15) is 59.7 Å². The zero-order valence-electron chi connectivity index (χ0n) is 59.0. The molecule has 7 aromatic rings. The second-order valence-corrected chi connectivity index (χ2v) is 28.1. The topological polar surface area (TPSA) is 434 Å². The Bertz CT molecular complexity index is 4410. The summed E-state index contributed by atoms with van der Waals surface area (Å²) in [5, 5.41) is 16.1. The lowest BCUT2D eigenvalue weighted by atomic mass is 10.1. The van der Waals surface area contributed by atoms with E-state index in [0.717, 1.165) is 31.3 Å². The van der Waals surface area contributed by atoms with Crippen LogP contribution in [0.2, 0.25) is 5.28 Å². The molecule has 3 aromatic carbocycles.